The molecule has 0 saturated carbocycles. The minimum atomic E-state index is -2.02. The Kier molecular flexibility index (Phi) is 5.69. The molecule has 0 fully saturated rings. The Morgan fingerprint density at radius 3 is 2.31 bits per heavy atom. The lowest BCUT2D eigenvalue weighted by Crippen LogP contribution is -2.45. The second-order valence-electron chi connectivity index (χ2n) is 5.71. The number of carbonyl (C=O) groups excluding carboxylic acids is 2. The molecular weight excluding hydrogens is 346 g/mol. The predicted octanol–water partition coefficient (Wildman–Crippen LogP) is 2.12. The van der Waals surface area contributed by atoms with Crippen molar-refractivity contribution >= 4 is 11.8 Å². The van der Waals surface area contributed by atoms with Gasteiger partial charge in [-0.3, -0.25) is 9.59 Å². The molecule has 138 valence electrons. The first-order valence-electron chi connectivity index (χ1n) is 7.75. The lowest BCUT2D eigenvalue weighted by molar-refractivity contribution is -0.138. The van der Waals surface area contributed by atoms with Crippen molar-refractivity contribution in [3.63, 3.8) is 0 Å². The van der Waals surface area contributed by atoms with Crippen molar-refractivity contribution in [1.29, 1.82) is 0 Å². The molecule has 0 aliphatic rings. The Bertz CT molecular complexity index is 850. The summed E-state index contributed by atoms with van der Waals surface area (Å²) in [6, 6.07) is 4.72. The zero-order chi connectivity index (χ0) is 19.6. The summed E-state index contributed by atoms with van der Waals surface area (Å²) in [5, 5.41) is 20.0. The minimum absolute atomic E-state index is 0.0106. The molecular formula is C18H18F2N2O4. The van der Waals surface area contributed by atoms with Gasteiger partial charge in [-0.15, -0.1) is 0 Å². The van der Waals surface area contributed by atoms with Gasteiger partial charge in [0.2, 0.25) is 0 Å². The Morgan fingerprint density at radius 2 is 1.77 bits per heavy atom. The van der Waals surface area contributed by atoms with Crippen LogP contribution >= 0.6 is 0 Å². The van der Waals surface area contributed by atoms with Gasteiger partial charge in [0.25, 0.3) is 11.8 Å². The number of aromatic hydroxyl groups is 1. The molecule has 4 N–H and O–H groups in total. The van der Waals surface area contributed by atoms with Crippen molar-refractivity contribution in [2.45, 2.75) is 26.4 Å². The van der Waals surface area contributed by atoms with Crippen LogP contribution in [0.1, 0.15) is 40.1 Å². The Labute approximate surface area is 148 Å². The SMILES string of the molecule is CCc1c(C(=O)N(N)C(=O)C(O)c2cc(F)cc(F)c2)ccc(O)c1C. The first-order chi connectivity index (χ1) is 12.2. The zero-order valence-electron chi connectivity index (χ0n) is 14.2. The maximum absolute atomic E-state index is 13.3. The number of carbonyl (C=O) groups is 2. The van der Waals surface area contributed by atoms with Crippen molar-refractivity contribution in [3.8, 4) is 5.75 Å². The molecule has 2 amide bonds. The fourth-order valence-electron chi connectivity index (χ4n) is 2.64. The molecule has 6 nitrogen and oxygen atoms in total. The molecule has 0 aromatic heterocycles. The van der Waals surface area contributed by atoms with E-state index in [2.05, 4.69) is 0 Å². The lowest BCUT2D eigenvalue weighted by atomic mass is 9.98. The molecule has 1 atom stereocenters. The normalized spacial score (nSPS) is 11.9. The van der Waals surface area contributed by atoms with E-state index in [0.29, 0.717) is 23.6 Å². The molecule has 2 aromatic rings. The molecule has 2 aromatic carbocycles. The third-order valence-electron chi connectivity index (χ3n) is 4.04. The maximum atomic E-state index is 13.3. The van der Waals surface area contributed by atoms with Crippen LogP contribution in [0.25, 0.3) is 0 Å². The van der Waals surface area contributed by atoms with Crippen molar-refractivity contribution in [2.75, 3.05) is 0 Å². The summed E-state index contributed by atoms with van der Waals surface area (Å²) in [5.41, 5.74) is 0.668. The number of amides is 2. The van der Waals surface area contributed by atoms with E-state index < -0.39 is 29.6 Å². The van der Waals surface area contributed by atoms with Gasteiger partial charge < -0.3 is 10.2 Å². The molecule has 2 rings (SSSR count). The van der Waals surface area contributed by atoms with Crippen molar-refractivity contribution in [2.24, 2.45) is 5.84 Å². The molecule has 0 aliphatic heterocycles. The number of imide groups is 1. The van der Waals surface area contributed by atoms with E-state index in [1.807, 2.05) is 0 Å². The highest BCUT2D eigenvalue weighted by Gasteiger charge is 2.29. The highest BCUT2D eigenvalue weighted by Crippen LogP contribution is 2.26. The van der Waals surface area contributed by atoms with E-state index in [0.717, 1.165) is 12.1 Å². The van der Waals surface area contributed by atoms with Gasteiger partial charge in [0.1, 0.15) is 17.4 Å². The number of phenols is 1. The van der Waals surface area contributed by atoms with Gasteiger partial charge in [-0.1, -0.05) is 6.92 Å². The van der Waals surface area contributed by atoms with E-state index in [-0.39, 0.29) is 21.9 Å². The number of nitrogens with two attached hydrogens (primary N) is 1. The van der Waals surface area contributed by atoms with Crippen LogP contribution in [0.5, 0.6) is 5.75 Å². The number of nitrogens with zero attached hydrogens (tertiary/aromatic N) is 1. The van der Waals surface area contributed by atoms with Crippen LogP contribution in [0, 0.1) is 18.6 Å². The van der Waals surface area contributed by atoms with Crippen LogP contribution in [0.15, 0.2) is 30.3 Å². The summed E-state index contributed by atoms with van der Waals surface area (Å²) in [6.07, 6.45) is -1.63. The van der Waals surface area contributed by atoms with Gasteiger partial charge in [0, 0.05) is 11.6 Å². The van der Waals surface area contributed by atoms with E-state index in [9.17, 15) is 28.6 Å². The van der Waals surface area contributed by atoms with Gasteiger partial charge in [-0.05, 0) is 54.3 Å². The summed E-state index contributed by atoms with van der Waals surface area (Å²) in [4.78, 5) is 24.8. The number of hydrogen-bond acceptors (Lipinski definition) is 5. The number of phenolic OH excluding ortho intramolecular Hbond substituents is 1. The summed E-state index contributed by atoms with van der Waals surface area (Å²) in [7, 11) is 0. The number of aliphatic hydroxyl groups is 1. The second kappa shape index (κ2) is 7.59. The first kappa shape index (κ1) is 19.5. The van der Waals surface area contributed by atoms with Crippen molar-refractivity contribution in [1.82, 2.24) is 5.01 Å². The van der Waals surface area contributed by atoms with Crippen molar-refractivity contribution in [3.05, 3.63) is 64.2 Å². The number of hydrazine groups is 1. The maximum Gasteiger partial charge on any atom is 0.277 e. The molecule has 0 aliphatic carbocycles. The topological polar surface area (TPSA) is 104 Å². The Morgan fingerprint density at radius 1 is 1.19 bits per heavy atom. The molecule has 8 heteroatoms. The standard InChI is InChI=1S/C18H18F2N2O4/c1-3-13-9(2)15(23)5-4-14(13)17(25)22(21)18(26)16(24)10-6-11(19)8-12(20)7-10/h4-8,16,23-24H,3,21H2,1-2H3. The average Bonchev–Trinajstić information content (AvgIpc) is 2.60. The Balaban J connectivity index is 2.33. The Hall–Kier alpha value is -2.84. The van der Waals surface area contributed by atoms with Crippen LogP contribution in [0.2, 0.25) is 0 Å². The highest BCUT2D eigenvalue weighted by molar-refractivity contribution is 6.06. The number of rotatable bonds is 4. The van der Waals surface area contributed by atoms with Gasteiger partial charge in [-0.2, -0.15) is 0 Å². The zero-order valence-corrected chi connectivity index (χ0v) is 14.2. The van der Waals surface area contributed by atoms with E-state index in [1.54, 1.807) is 13.8 Å². The minimum Gasteiger partial charge on any atom is -0.508 e. The summed E-state index contributed by atoms with van der Waals surface area (Å²) in [5.74, 6) is 1.41. The number of hydrogen-bond donors (Lipinski definition) is 3. The molecule has 1 unspecified atom stereocenters. The molecule has 0 saturated heterocycles. The number of aliphatic hydroxyl groups excluding tert-OH is 1. The predicted molar refractivity (Wildman–Crippen MR) is 88.9 cm³/mol. The molecule has 0 bridgehead atoms. The van der Waals surface area contributed by atoms with E-state index in [1.165, 1.54) is 12.1 Å². The molecule has 0 heterocycles. The van der Waals surface area contributed by atoms with Crippen LogP contribution in [0.4, 0.5) is 8.78 Å². The fraction of sp³-hybridized carbons (Fsp3) is 0.222. The monoisotopic (exact) mass is 364 g/mol. The van der Waals surface area contributed by atoms with Crippen LogP contribution in [-0.4, -0.2) is 27.0 Å². The van der Waals surface area contributed by atoms with Gasteiger partial charge >= 0.3 is 0 Å². The summed E-state index contributed by atoms with van der Waals surface area (Å²) >= 11 is 0. The third-order valence-corrected chi connectivity index (χ3v) is 4.04. The van der Waals surface area contributed by atoms with Crippen LogP contribution < -0.4 is 5.84 Å². The third kappa shape index (κ3) is 3.71. The van der Waals surface area contributed by atoms with Crippen molar-refractivity contribution < 1.29 is 28.6 Å². The van der Waals surface area contributed by atoms with Gasteiger partial charge in [0.05, 0.1) is 0 Å². The molecule has 26 heavy (non-hydrogen) atoms. The van der Waals surface area contributed by atoms with Gasteiger partial charge in [0.15, 0.2) is 6.10 Å². The first-order valence-corrected chi connectivity index (χ1v) is 7.75. The fourth-order valence-corrected chi connectivity index (χ4v) is 2.64. The number of benzene rings is 2. The molecule has 0 spiro atoms. The second-order valence-corrected chi connectivity index (χ2v) is 5.71. The average molecular weight is 364 g/mol. The lowest BCUT2D eigenvalue weighted by Gasteiger charge is -2.21. The molecule has 0 radical (unpaired) electrons. The van der Waals surface area contributed by atoms with Gasteiger partial charge in [-0.25, -0.2) is 19.6 Å². The summed E-state index contributed by atoms with van der Waals surface area (Å²) in [6.45, 7) is 3.36. The van der Waals surface area contributed by atoms with E-state index >= 15 is 0 Å². The summed E-state index contributed by atoms with van der Waals surface area (Å²) < 4.78 is 26.5. The number of halogens is 2. The van der Waals surface area contributed by atoms with E-state index in [4.69, 9.17) is 5.84 Å². The van der Waals surface area contributed by atoms with Crippen LogP contribution in [0.3, 0.4) is 0 Å². The smallest absolute Gasteiger partial charge is 0.277 e. The van der Waals surface area contributed by atoms with Crippen LogP contribution in [-0.2, 0) is 11.2 Å². The quantitative estimate of drug-likeness (QED) is 0.438. The highest BCUT2D eigenvalue weighted by atomic mass is 19.1. The largest absolute Gasteiger partial charge is 0.508 e.